The molecule has 21 heavy (non-hydrogen) atoms. The van der Waals surface area contributed by atoms with Gasteiger partial charge in [0.05, 0.1) is 12.1 Å². The lowest BCUT2D eigenvalue weighted by atomic mass is 10.2. The van der Waals surface area contributed by atoms with Crippen LogP contribution in [0.25, 0.3) is 0 Å². The fraction of sp³-hybridized carbons (Fsp3) is 0.600. The Kier molecular flexibility index (Phi) is 6.42. The predicted octanol–water partition coefficient (Wildman–Crippen LogP) is 1.57. The number of carbonyl (C=O) groups is 1. The molecule has 0 aliphatic carbocycles. The minimum Gasteiger partial charge on any atom is -0.503 e. The van der Waals surface area contributed by atoms with Gasteiger partial charge in [-0.25, -0.2) is 0 Å². The molecule has 0 unspecified atom stereocenters. The van der Waals surface area contributed by atoms with Gasteiger partial charge in [0.25, 0.3) is 0 Å². The van der Waals surface area contributed by atoms with Crippen molar-refractivity contribution in [2.45, 2.75) is 46.2 Å². The van der Waals surface area contributed by atoms with Crippen LogP contribution in [0.4, 0.5) is 0 Å². The van der Waals surface area contributed by atoms with E-state index in [2.05, 4.69) is 6.92 Å². The van der Waals surface area contributed by atoms with Crippen molar-refractivity contribution in [3.05, 3.63) is 27.7 Å². The number of aryl methyl sites for hydroxylation is 1. The monoisotopic (exact) mass is 296 g/mol. The van der Waals surface area contributed by atoms with E-state index in [0.29, 0.717) is 17.9 Å². The topological polar surface area (TPSA) is 82.8 Å². The van der Waals surface area contributed by atoms with E-state index in [-0.39, 0.29) is 18.7 Å². The van der Waals surface area contributed by atoms with Crippen molar-refractivity contribution >= 4 is 5.97 Å². The SMILES string of the molecule is CCCCN(C)Cc1c(O)c(=O)cc(C)n1CCC(=O)O. The van der Waals surface area contributed by atoms with E-state index in [4.69, 9.17) is 5.11 Å². The van der Waals surface area contributed by atoms with E-state index < -0.39 is 11.4 Å². The molecule has 1 rings (SSSR count). The summed E-state index contributed by atoms with van der Waals surface area (Å²) < 4.78 is 1.72. The Hall–Kier alpha value is -1.82. The van der Waals surface area contributed by atoms with E-state index >= 15 is 0 Å². The average Bonchev–Trinajstić information content (AvgIpc) is 2.41. The molecule has 0 fully saturated rings. The van der Waals surface area contributed by atoms with Crippen molar-refractivity contribution in [2.24, 2.45) is 0 Å². The van der Waals surface area contributed by atoms with Gasteiger partial charge in [-0.2, -0.15) is 0 Å². The van der Waals surface area contributed by atoms with Gasteiger partial charge in [-0.05, 0) is 26.9 Å². The molecule has 1 aromatic heterocycles. The molecule has 6 nitrogen and oxygen atoms in total. The lowest BCUT2D eigenvalue weighted by Crippen LogP contribution is -2.25. The second-order valence-corrected chi connectivity index (χ2v) is 5.33. The highest BCUT2D eigenvalue weighted by atomic mass is 16.4. The van der Waals surface area contributed by atoms with Gasteiger partial charge in [0.1, 0.15) is 0 Å². The van der Waals surface area contributed by atoms with E-state index in [1.165, 1.54) is 6.07 Å². The number of carboxylic acid groups (broad SMARTS) is 1. The molecular formula is C15H24N2O4. The third-order valence-electron chi connectivity index (χ3n) is 3.46. The molecule has 0 bridgehead atoms. The summed E-state index contributed by atoms with van der Waals surface area (Å²) in [5.74, 6) is -1.19. The van der Waals surface area contributed by atoms with E-state index in [1.807, 2.05) is 11.9 Å². The number of unbranched alkanes of at least 4 members (excludes halogenated alkanes) is 1. The molecule has 0 aliphatic heterocycles. The van der Waals surface area contributed by atoms with Crippen molar-refractivity contribution in [3.63, 3.8) is 0 Å². The molecule has 0 amide bonds. The minimum atomic E-state index is -0.905. The van der Waals surface area contributed by atoms with Crippen molar-refractivity contribution in [3.8, 4) is 5.75 Å². The predicted molar refractivity (Wildman–Crippen MR) is 80.6 cm³/mol. The summed E-state index contributed by atoms with van der Waals surface area (Å²) in [5, 5.41) is 18.9. The number of aromatic nitrogens is 1. The molecule has 6 heteroatoms. The molecule has 0 aromatic carbocycles. The van der Waals surface area contributed by atoms with Crippen molar-refractivity contribution < 1.29 is 15.0 Å². The molecule has 1 heterocycles. The maximum absolute atomic E-state index is 11.7. The summed E-state index contributed by atoms with van der Waals surface area (Å²) in [4.78, 5) is 24.5. The zero-order valence-electron chi connectivity index (χ0n) is 12.9. The smallest absolute Gasteiger partial charge is 0.305 e. The Balaban J connectivity index is 3.07. The molecule has 0 saturated carbocycles. The van der Waals surface area contributed by atoms with Crippen LogP contribution < -0.4 is 5.43 Å². The fourth-order valence-corrected chi connectivity index (χ4v) is 2.26. The summed E-state index contributed by atoms with van der Waals surface area (Å²) in [5.41, 5.74) is 0.732. The Bertz CT molecular complexity index is 551. The number of aromatic hydroxyl groups is 1. The number of rotatable bonds is 8. The molecule has 2 N–H and O–H groups in total. The van der Waals surface area contributed by atoms with Gasteiger partial charge in [-0.15, -0.1) is 0 Å². The van der Waals surface area contributed by atoms with Crippen molar-refractivity contribution in [2.75, 3.05) is 13.6 Å². The third kappa shape index (κ3) is 4.90. The first-order valence-corrected chi connectivity index (χ1v) is 7.19. The van der Waals surface area contributed by atoms with Gasteiger partial charge in [-0.3, -0.25) is 9.59 Å². The van der Waals surface area contributed by atoms with Crippen LogP contribution in [-0.2, 0) is 17.9 Å². The van der Waals surface area contributed by atoms with Gasteiger partial charge in [0.2, 0.25) is 5.43 Å². The standard InChI is InChI=1S/C15H24N2O4/c1-4-5-7-16(3)10-12-15(21)13(18)9-11(2)17(12)8-6-14(19)20/h9,21H,4-8,10H2,1-3H3,(H,19,20). The molecule has 0 atom stereocenters. The first-order chi connectivity index (χ1) is 9.86. The average molecular weight is 296 g/mol. The van der Waals surface area contributed by atoms with Crippen LogP contribution in [0.3, 0.4) is 0 Å². The second kappa shape index (κ2) is 7.83. The Morgan fingerprint density at radius 1 is 1.43 bits per heavy atom. The molecule has 0 aliphatic rings. The summed E-state index contributed by atoms with van der Waals surface area (Å²) in [6, 6.07) is 1.34. The van der Waals surface area contributed by atoms with E-state index in [9.17, 15) is 14.7 Å². The van der Waals surface area contributed by atoms with Crippen LogP contribution >= 0.6 is 0 Å². The highest BCUT2D eigenvalue weighted by Gasteiger charge is 2.15. The van der Waals surface area contributed by atoms with Gasteiger partial charge in [0.15, 0.2) is 5.75 Å². The highest BCUT2D eigenvalue weighted by molar-refractivity contribution is 5.66. The van der Waals surface area contributed by atoms with Gasteiger partial charge in [-0.1, -0.05) is 13.3 Å². The lowest BCUT2D eigenvalue weighted by Gasteiger charge is -2.22. The number of hydrogen-bond donors (Lipinski definition) is 2. The molecular weight excluding hydrogens is 272 g/mol. The number of aliphatic carboxylic acids is 1. The second-order valence-electron chi connectivity index (χ2n) is 5.33. The summed E-state index contributed by atoms with van der Waals surface area (Å²) in [6.45, 7) is 5.37. The Morgan fingerprint density at radius 2 is 2.10 bits per heavy atom. The van der Waals surface area contributed by atoms with Crippen LogP contribution in [0.1, 0.15) is 37.6 Å². The largest absolute Gasteiger partial charge is 0.503 e. The van der Waals surface area contributed by atoms with E-state index in [1.54, 1.807) is 11.5 Å². The molecule has 1 aromatic rings. The summed E-state index contributed by atoms with van der Waals surface area (Å²) >= 11 is 0. The lowest BCUT2D eigenvalue weighted by molar-refractivity contribution is -0.137. The van der Waals surface area contributed by atoms with Crippen LogP contribution in [0.2, 0.25) is 0 Å². The van der Waals surface area contributed by atoms with Gasteiger partial charge < -0.3 is 19.7 Å². The van der Waals surface area contributed by atoms with Crippen LogP contribution in [0.15, 0.2) is 10.9 Å². The number of nitrogens with zero attached hydrogens (tertiary/aromatic N) is 2. The van der Waals surface area contributed by atoms with Crippen molar-refractivity contribution in [1.29, 1.82) is 0 Å². The highest BCUT2D eigenvalue weighted by Crippen LogP contribution is 2.17. The first-order valence-electron chi connectivity index (χ1n) is 7.19. The minimum absolute atomic E-state index is 0.0468. The zero-order chi connectivity index (χ0) is 16.0. The quantitative estimate of drug-likeness (QED) is 0.761. The maximum atomic E-state index is 11.7. The number of pyridine rings is 1. The van der Waals surface area contributed by atoms with Gasteiger partial charge >= 0.3 is 5.97 Å². The van der Waals surface area contributed by atoms with Crippen molar-refractivity contribution in [1.82, 2.24) is 9.47 Å². The Labute approximate surface area is 124 Å². The van der Waals surface area contributed by atoms with Crippen LogP contribution in [-0.4, -0.2) is 39.2 Å². The molecule has 0 radical (unpaired) electrons. The number of carboxylic acids is 1. The summed E-state index contributed by atoms with van der Waals surface area (Å²) in [7, 11) is 1.92. The number of hydrogen-bond acceptors (Lipinski definition) is 4. The first kappa shape index (κ1) is 17.2. The van der Waals surface area contributed by atoms with Crippen LogP contribution in [0, 0.1) is 6.92 Å². The molecule has 0 spiro atoms. The molecule has 118 valence electrons. The third-order valence-corrected chi connectivity index (χ3v) is 3.46. The maximum Gasteiger partial charge on any atom is 0.305 e. The Morgan fingerprint density at radius 3 is 2.67 bits per heavy atom. The summed E-state index contributed by atoms with van der Waals surface area (Å²) in [6.07, 6.45) is 2.05. The van der Waals surface area contributed by atoms with Gasteiger partial charge in [0, 0.05) is 24.8 Å². The normalized spacial score (nSPS) is 11.0. The molecule has 0 saturated heterocycles. The fourth-order valence-electron chi connectivity index (χ4n) is 2.26. The van der Waals surface area contributed by atoms with Crippen LogP contribution in [0.5, 0.6) is 5.75 Å². The zero-order valence-corrected chi connectivity index (χ0v) is 12.9. The van der Waals surface area contributed by atoms with E-state index in [0.717, 1.165) is 19.4 Å².